The summed E-state index contributed by atoms with van der Waals surface area (Å²) >= 11 is 0. The highest BCUT2D eigenvalue weighted by Gasteiger charge is 2.06. The maximum Gasteiger partial charge on any atom is 0.316 e. The van der Waals surface area contributed by atoms with Crippen LogP contribution in [0.25, 0.3) is 0 Å². The topological polar surface area (TPSA) is 44.0 Å². The van der Waals surface area contributed by atoms with Crippen molar-refractivity contribution in [3.63, 3.8) is 0 Å². The largest absolute Gasteiger partial charge is 0.316 e. The lowest BCUT2D eigenvalue weighted by molar-refractivity contribution is 0.496. The van der Waals surface area contributed by atoms with E-state index in [0.717, 1.165) is 12.0 Å². The fraction of sp³-hybridized carbons (Fsp3) is 0.375. The van der Waals surface area contributed by atoms with E-state index in [1.54, 1.807) is 12.4 Å². The molecule has 0 aliphatic heterocycles. The van der Waals surface area contributed by atoms with Gasteiger partial charge in [0.05, 0.1) is 0 Å². The van der Waals surface area contributed by atoms with E-state index in [-0.39, 0.29) is 0 Å². The highest BCUT2D eigenvalue weighted by molar-refractivity contribution is 5.14. The summed E-state index contributed by atoms with van der Waals surface area (Å²) < 4.78 is 2.98. The van der Waals surface area contributed by atoms with Gasteiger partial charge in [0.25, 0.3) is 0 Å². The van der Waals surface area contributed by atoms with Gasteiger partial charge in [0.15, 0.2) is 0 Å². The van der Waals surface area contributed by atoms with Gasteiger partial charge in [-0.1, -0.05) is 44.2 Å². The van der Waals surface area contributed by atoms with Gasteiger partial charge in [-0.2, -0.15) is 0 Å². The molecule has 0 saturated carbocycles. The number of hydrogen-bond donors (Lipinski definition) is 0. The quantitative estimate of drug-likeness (QED) is 0.780. The Bertz CT molecular complexity index is 669. The van der Waals surface area contributed by atoms with Crippen molar-refractivity contribution in [1.82, 2.24) is 9.13 Å². The Hall–Kier alpha value is -2.10. The van der Waals surface area contributed by atoms with Crippen LogP contribution in [0.3, 0.4) is 0 Å². The van der Waals surface area contributed by atoms with Crippen LogP contribution in [0.15, 0.2) is 52.3 Å². The van der Waals surface area contributed by atoms with Crippen molar-refractivity contribution >= 4 is 0 Å². The maximum absolute atomic E-state index is 12.0. The Morgan fingerprint density at radius 3 is 2.20 bits per heavy atom. The number of hydrogen-bond acceptors (Lipinski definition) is 2. The Kier molecular flexibility index (Phi) is 4.56. The summed E-state index contributed by atoms with van der Waals surface area (Å²) in [6.07, 6.45) is 4.15. The van der Waals surface area contributed by atoms with Gasteiger partial charge in [-0.25, -0.2) is 0 Å². The van der Waals surface area contributed by atoms with Crippen molar-refractivity contribution in [1.29, 1.82) is 0 Å². The minimum Gasteiger partial charge on any atom is -0.309 e. The normalized spacial score (nSPS) is 10.9. The molecule has 1 aromatic carbocycles. The minimum atomic E-state index is -0.441. The van der Waals surface area contributed by atoms with Crippen molar-refractivity contribution in [2.45, 2.75) is 33.4 Å². The molecule has 0 unspecified atom stereocenters. The average Bonchev–Trinajstić information content (AvgIpc) is 2.44. The maximum atomic E-state index is 12.0. The fourth-order valence-electron chi connectivity index (χ4n) is 2.15. The zero-order valence-corrected chi connectivity index (χ0v) is 12.0. The SMILES string of the molecule is CC(C)Cn1ccn(CCc2ccccc2)c(=O)c1=O. The molecule has 0 amide bonds. The standard InChI is InChI=1S/C16H20N2O2/c1-13(2)12-18-11-10-17(15(19)16(18)20)9-8-14-6-4-3-5-7-14/h3-7,10-11,13H,8-9,12H2,1-2H3. The molecule has 1 heterocycles. The van der Waals surface area contributed by atoms with Crippen molar-refractivity contribution in [2.75, 3.05) is 0 Å². The van der Waals surface area contributed by atoms with Crippen molar-refractivity contribution in [3.8, 4) is 0 Å². The smallest absolute Gasteiger partial charge is 0.309 e. The molecule has 0 bridgehead atoms. The summed E-state index contributed by atoms with van der Waals surface area (Å²) in [7, 11) is 0. The second-order valence-corrected chi connectivity index (χ2v) is 5.38. The Morgan fingerprint density at radius 2 is 1.55 bits per heavy atom. The number of aryl methyl sites for hydroxylation is 2. The molecule has 0 aliphatic rings. The minimum absolute atomic E-state index is 0.340. The van der Waals surface area contributed by atoms with Crippen LogP contribution in [0, 0.1) is 5.92 Å². The van der Waals surface area contributed by atoms with E-state index >= 15 is 0 Å². The lowest BCUT2D eigenvalue weighted by atomic mass is 10.1. The molecule has 2 rings (SSSR count). The first-order valence-electron chi connectivity index (χ1n) is 6.91. The van der Waals surface area contributed by atoms with Gasteiger partial charge < -0.3 is 9.13 Å². The molecule has 0 spiro atoms. The highest BCUT2D eigenvalue weighted by Crippen LogP contribution is 2.00. The van der Waals surface area contributed by atoms with E-state index < -0.39 is 11.1 Å². The van der Waals surface area contributed by atoms with Crippen LogP contribution in [0.4, 0.5) is 0 Å². The van der Waals surface area contributed by atoms with Crippen LogP contribution in [0.1, 0.15) is 19.4 Å². The van der Waals surface area contributed by atoms with Gasteiger partial charge in [0, 0.05) is 25.5 Å². The molecule has 0 atom stereocenters. The molecular weight excluding hydrogens is 252 g/mol. The number of nitrogens with zero attached hydrogens (tertiary/aromatic N) is 2. The Morgan fingerprint density at radius 1 is 0.950 bits per heavy atom. The van der Waals surface area contributed by atoms with Crippen molar-refractivity contribution in [2.24, 2.45) is 5.92 Å². The van der Waals surface area contributed by atoms with Crippen molar-refractivity contribution < 1.29 is 0 Å². The van der Waals surface area contributed by atoms with Crippen LogP contribution >= 0.6 is 0 Å². The van der Waals surface area contributed by atoms with E-state index in [9.17, 15) is 9.59 Å². The van der Waals surface area contributed by atoms with Crippen LogP contribution in [-0.4, -0.2) is 9.13 Å². The molecule has 0 fully saturated rings. The molecule has 0 N–H and O–H groups in total. The summed E-state index contributed by atoms with van der Waals surface area (Å²) in [4.78, 5) is 24.0. The summed E-state index contributed by atoms with van der Waals surface area (Å²) in [6.45, 7) is 5.15. The number of aromatic nitrogens is 2. The van der Waals surface area contributed by atoms with E-state index in [1.165, 1.54) is 9.13 Å². The summed E-state index contributed by atoms with van der Waals surface area (Å²) in [5, 5.41) is 0. The predicted octanol–water partition coefficient (Wildman–Crippen LogP) is 1.91. The third-order valence-electron chi connectivity index (χ3n) is 3.18. The first-order valence-corrected chi connectivity index (χ1v) is 6.91. The molecule has 0 aliphatic carbocycles. The van der Waals surface area contributed by atoms with E-state index in [0.29, 0.717) is 19.0 Å². The first kappa shape index (κ1) is 14.3. The van der Waals surface area contributed by atoms with E-state index in [4.69, 9.17) is 0 Å². The summed E-state index contributed by atoms with van der Waals surface area (Å²) in [5.41, 5.74) is 0.282. The monoisotopic (exact) mass is 272 g/mol. The van der Waals surface area contributed by atoms with Gasteiger partial charge in [-0.15, -0.1) is 0 Å². The van der Waals surface area contributed by atoms with Gasteiger partial charge in [-0.05, 0) is 17.9 Å². The van der Waals surface area contributed by atoms with Crippen LogP contribution in [-0.2, 0) is 19.5 Å². The number of rotatable bonds is 5. The van der Waals surface area contributed by atoms with Gasteiger partial charge in [0.1, 0.15) is 0 Å². The van der Waals surface area contributed by atoms with E-state index in [2.05, 4.69) is 0 Å². The molecule has 106 valence electrons. The molecule has 4 nitrogen and oxygen atoms in total. The third-order valence-corrected chi connectivity index (χ3v) is 3.18. The first-order chi connectivity index (χ1) is 9.58. The predicted molar refractivity (Wildman–Crippen MR) is 79.9 cm³/mol. The van der Waals surface area contributed by atoms with Crippen LogP contribution < -0.4 is 11.1 Å². The second kappa shape index (κ2) is 6.37. The lowest BCUT2D eigenvalue weighted by Crippen LogP contribution is -2.41. The van der Waals surface area contributed by atoms with Gasteiger partial charge in [-0.3, -0.25) is 9.59 Å². The lowest BCUT2D eigenvalue weighted by Gasteiger charge is -2.10. The average molecular weight is 272 g/mol. The van der Waals surface area contributed by atoms with Crippen molar-refractivity contribution in [3.05, 3.63) is 69.0 Å². The molecule has 20 heavy (non-hydrogen) atoms. The highest BCUT2D eigenvalue weighted by atomic mass is 16.2. The molecule has 0 saturated heterocycles. The van der Waals surface area contributed by atoms with Gasteiger partial charge >= 0.3 is 11.1 Å². The summed E-state index contributed by atoms with van der Waals surface area (Å²) in [5.74, 6) is 0.340. The van der Waals surface area contributed by atoms with Gasteiger partial charge in [0.2, 0.25) is 0 Å². The van der Waals surface area contributed by atoms with Crippen LogP contribution in [0.2, 0.25) is 0 Å². The zero-order chi connectivity index (χ0) is 14.5. The zero-order valence-electron chi connectivity index (χ0n) is 12.0. The Balaban J connectivity index is 2.16. The fourth-order valence-corrected chi connectivity index (χ4v) is 2.15. The molecular formula is C16H20N2O2. The third kappa shape index (κ3) is 3.47. The Labute approximate surface area is 118 Å². The second-order valence-electron chi connectivity index (χ2n) is 5.38. The van der Waals surface area contributed by atoms with Crippen LogP contribution in [0.5, 0.6) is 0 Å². The summed E-state index contributed by atoms with van der Waals surface area (Å²) in [6, 6.07) is 9.94. The molecule has 0 radical (unpaired) electrons. The van der Waals surface area contributed by atoms with E-state index in [1.807, 2.05) is 44.2 Å². The molecule has 2 aromatic rings. The number of benzene rings is 1. The molecule has 1 aromatic heterocycles. The molecule has 4 heteroatoms.